The Labute approximate surface area is 413 Å². The van der Waals surface area contributed by atoms with E-state index in [1.54, 1.807) is 0 Å². The van der Waals surface area contributed by atoms with Gasteiger partial charge in [-0.05, 0) is 115 Å². The van der Waals surface area contributed by atoms with E-state index in [0.717, 1.165) is 99.1 Å². The summed E-state index contributed by atoms with van der Waals surface area (Å²) in [6.45, 7) is 0. The van der Waals surface area contributed by atoms with E-state index in [0.29, 0.717) is 17.5 Å². The highest BCUT2D eigenvalue weighted by atomic mass is 16.3. The summed E-state index contributed by atoms with van der Waals surface area (Å²) in [6.07, 6.45) is 0. The number of rotatable bonds is 6. The lowest BCUT2D eigenvalue weighted by Gasteiger charge is -2.20. The molecule has 0 aliphatic heterocycles. The molecule has 15 aromatic rings. The van der Waals surface area contributed by atoms with Crippen LogP contribution in [-0.4, -0.2) is 19.5 Å². The van der Waals surface area contributed by atoms with E-state index in [1.807, 2.05) is 18.2 Å². The predicted molar refractivity (Wildman–Crippen MR) is 299 cm³/mol. The van der Waals surface area contributed by atoms with Crippen LogP contribution in [0, 0.1) is 0 Å². The molecule has 72 heavy (non-hydrogen) atoms. The maximum atomic E-state index is 6.48. The SMILES string of the molecule is c1ccc(-c2ccc3c(-n4c5cc6ccccc6cc5c5cc6ccccc6cc54)cc(-c4ccccc4)c(-c4nc(-c5ccc6c(c5)oc5ccccc56)nc(-c5cccc6ccccc56)n4)c3c2)cc1. The lowest BCUT2D eigenvalue weighted by atomic mass is 9.90. The molecular formula is C67H40N4O. The number of benzene rings is 12. The van der Waals surface area contributed by atoms with Gasteiger partial charge in [-0.1, -0.05) is 188 Å². The number of furan rings is 1. The molecule has 12 aromatic carbocycles. The molecule has 3 aromatic heterocycles. The minimum Gasteiger partial charge on any atom is -0.456 e. The van der Waals surface area contributed by atoms with Crippen molar-refractivity contribution in [1.29, 1.82) is 0 Å². The maximum absolute atomic E-state index is 6.48. The molecule has 0 spiro atoms. The zero-order valence-electron chi connectivity index (χ0n) is 38.8. The van der Waals surface area contributed by atoms with Crippen LogP contribution in [-0.2, 0) is 0 Å². The first-order valence-corrected chi connectivity index (χ1v) is 24.4. The molecule has 0 radical (unpaired) electrons. The molecule has 5 heteroatoms. The summed E-state index contributed by atoms with van der Waals surface area (Å²) in [5.74, 6) is 1.72. The lowest BCUT2D eigenvalue weighted by molar-refractivity contribution is 0.669. The van der Waals surface area contributed by atoms with Gasteiger partial charge in [0.2, 0.25) is 0 Å². The molecule has 0 aliphatic carbocycles. The zero-order valence-corrected chi connectivity index (χ0v) is 38.8. The van der Waals surface area contributed by atoms with Gasteiger partial charge in [-0.25, -0.2) is 15.0 Å². The molecule has 0 atom stereocenters. The van der Waals surface area contributed by atoms with E-state index in [2.05, 4.69) is 229 Å². The standard InChI is InChI=1S/C67H40N4O/c1-3-16-41(17-4-1)48-30-32-51-58(36-48)64(67-69-65(49-31-33-53-52-27-13-14-29-62(52)72-63(53)39-49)68-66(70-67)54-28-15-25-42-20-11-12-26-50(42)54)55(43-18-5-2-6-19-43)40-61(51)71-59-37-46-23-9-7-21-44(46)34-56(59)57-35-45-22-8-10-24-47(45)38-60(57)71/h1-40H. The first kappa shape index (κ1) is 40.2. The van der Waals surface area contributed by atoms with E-state index < -0.39 is 0 Å². The van der Waals surface area contributed by atoms with E-state index in [9.17, 15) is 0 Å². The molecule has 0 N–H and O–H groups in total. The largest absolute Gasteiger partial charge is 0.456 e. The average Bonchev–Trinajstić information content (AvgIpc) is 3.97. The van der Waals surface area contributed by atoms with Crippen LogP contribution in [0.3, 0.4) is 0 Å². The average molecular weight is 917 g/mol. The second kappa shape index (κ2) is 15.9. The number of aromatic nitrogens is 4. The second-order valence-corrected chi connectivity index (χ2v) is 18.7. The number of hydrogen-bond acceptors (Lipinski definition) is 4. The van der Waals surface area contributed by atoms with Crippen molar-refractivity contribution in [2.24, 2.45) is 0 Å². The van der Waals surface area contributed by atoms with Gasteiger partial charge in [-0.15, -0.1) is 0 Å². The van der Waals surface area contributed by atoms with Crippen LogP contribution in [0.1, 0.15) is 0 Å². The van der Waals surface area contributed by atoms with Crippen molar-refractivity contribution in [2.45, 2.75) is 0 Å². The third-order valence-corrected chi connectivity index (χ3v) is 14.6. The summed E-state index contributed by atoms with van der Waals surface area (Å²) < 4.78 is 8.97. The summed E-state index contributed by atoms with van der Waals surface area (Å²) in [5.41, 5.74) is 11.9. The molecule has 0 aliphatic rings. The van der Waals surface area contributed by atoms with Crippen molar-refractivity contribution >= 4 is 86.8 Å². The van der Waals surface area contributed by atoms with Crippen LogP contribution >= 0.6 is 0 Å². The lowest BCUT2D eigenvalue weighted by Crippen LogP contribution is -2.04. The Balaban J connectivity index is 1.09. The van der Waals surface area contributed by atoms with Crippen LogP contribution in [0.15, 0.2) is 247 Å². The van der Waals surface area contributed by atoms with Crippen LogP contribution in [0.2, 0.25) is 0 Å². The highest BCUT2D eigenvalue weighted by Gasteiger charge is 2.25. The number of nitrogens with zero attached hydrogens (tertiary/aromatic N) is 4. The number of hydrogen-bond donors (Lipinski definition) is 0. The Morgan fingerprint density at radius 2 is 0.819 bits per heavy atom. The van der Waals surface area contributed by atoms with Gasteiger partial charge in [0.15, 0.2) is 17.5 Å². The second-order valence-electron chi connectivity index (χ2n) is 18.7. The molecule has 0 saturated heterocycles. The highest BCUT2D eigenvalue weighted by Crippen LogP contribution is 2.46. The molecule has 334 valence electrons. The summed E-state index contributed by atoms with van der Waals surface area (Å²) in [5, 5.41) is 13.6. The predicted octanol–water partition coefficient (Wildman–Crippen LogP) is 17.8. The molecule has 0 bridgehead atoms. The Bertz CT molecular complexity index is 4590. The normalized spacial score (nSPS) is 11.9. The minimum atomic E-state index is 0.557. The van der Waals surface area contributed by atoms with Gasteiger partial charge in [-0.2, -0.15) is 0 Å². The first-order valence-electron chi connectivity index (χ1n) is 24.4. The summed E-state index contributed by atoms with van der Waals surface area (Å²) in [4.78, 5) is 16.5. The van der Waals surface area contributed by atoms with Crippen molar-refractivity contribution in [3.63, 3.8) is 0 Å². The summed E-state index contributed by atoms with van der Waals surface area (Å²) in [7, 11) is 0. The third kappa shape index (κ3) is 6.38. The number of fused-ring (bicyclic) bond motifs is 10. The van der Waals surface area contributed by atoms with Crippen molar-refractivity contribution in [2.75, 3.05) is 0 Å². The Morgan fingerprint density at radius 1 is 0.278 bits per heavy atom. The fraction of sp³-hybridized carbons (Fsp3) is 0. The topological polar surface area (TPSA) is 56.7 Å². The van der Waals surface area contributed by atoms with E-state index >= 15 is 0 Å². The van der Waals surface area contributed by atoms with Gasteiger partial charge in [-0.3, -0.25) is 0 Å². The van der Waals surface area contributed by atoms with Crippen LogP contribution in [0.25, 0.3) is 149 Å². The highest BCUT2D eigenvalue weighted by molar-refractivity contribution is 6.19. The Hall–Kier alpha value is -9.71. The molecule has 5 nitrogen and oxygen atoms in total. The molecule has 15 rings (SSSR count). The van der Waals surface area contributed by atoms with Crippen LogP contribution < -0.4 is 0 Å². The van der Waals surface area contributed by atoms with E-state index in [4.69, 9.17) is 19.4 Å². The van der Waals surface area contributed by atoms with Gasteiger partial charge in [0, 0.05) is 43.6 Å². The summed E-state index contributed by atoms with van der Waals surface area (Å²) >= 11 is 0. The smallest absolute Gasteiger partial charge is 0.165 e. The van der Waals surface area contributed by atoms with Crippen molar-refractivity contribution in [3.8, 4) is 62.1 Å². The van der Waals surface area contributed by atoms with Gasteiger partial charge >= 0.3 is 0 Å². The minimum absolute atomic E-state index is 0.557. The van der Waals surface area contributed by atoms with E-state index in [1.165, 1.54) is 32.3 Å². The summed E-state index contributed by atoms with van der Waals surface area (Å²) in [6, 6.07) is 86.7. The molecule has 0 fully saturated rings. The van der Waals surface area contributed by atoms with E-state index in [-0.39, 0.29) is 0 Å². The van der Waals surface area contributed by atoms with Gasteiger partial charge in [0.25, 0.3) is 0 Å². The van der Waals surface area contributed by atoms with Gasteiger partial charge in [0.1, 0.15) is 11.2 Å². The van der Waals surface area contributed by atoms with Crippen molar-refractivity contribution < 1.29 is 4.42 Å². The molecule has 3 heterocycles. The quantitative estimate of drug-likeness (QED) is 0.167. The van der Waals surface area contributed by atoms with Crippen LogP contribution in [0.4, 0.5) is 0 Å². The Morgan fingerprint density at radius 3 is 1.54 bits per heavy atom. The van der Waals surface area contributed by atoms with Crippen molar-refractivity contribution in [3.05, 3.63) is 243 Å². The molecule has 0 amide bonds. The monoisotopic (exact) mass is 916 g/mol. The third-order valence-electron chi connectivity index (χ3n) is 14.6. The fourth-order valence-corrected chi connectivity index (χ4v) is 11.2. The van der Waals surface area contributed by atoms with Gasteiger partial charge < -0.3 is 8.98 Å². The van der Waals surface area contributed by atoms with Gasteiger partial charge in [0.05, 0.1) is 16.7 Å². The number of para-hydroxylation sites is 1. The Kier molecular flexibility index (Phi) is 8.89. The molecule has 0 unspecified atom stereocenters. The zero-order chi connectivity index (χ0) is 47.3. The van der Waals surface area contributed by atoms with Crippen molar-refractivity contribution in [1.82, 2.24) is 19.5 Å². The van der Waals surface area contributed by atoms with Crippen LogP contribution in [0.5, 0.6) is 0 Å². The first-order chi connectivity index (χ1) is 35.7. The molecule has 0 saturated carbocycles. The molecular weight excluding hydrogens is 877 g/mol. The maximum Gasteiger partial charge on any atom is 0.165 e. The fourth-order valence-electron chi connectivity index (χ4n) is 11.2.